The van der Waals surface area contributed by atoms with Gasteiger partial charge in [0.2, 0.25) is 0 Å². The highest BCUT2D eigenvalue weighted by Gasteiger charge is 2.32. The molecule has 2 heterocycles. The second kappa shape index (κ2) is 5.38. The number of amidine groups is 1. The van der Waals surface area contributed by atoms with Crippen LogP contribution in [0.1, 0.15) is 13.8 Å². The molecule has 98 valence electrons. The monoisotopic (exact) mass is 274 g/mol. The molecular weight excluding hydrogens is 252 g/mol. The van der Waals surface area contributed by atoms with Crippen LogP contribution in [0.3, 0.4) is 0 Å². The van der Waals surface area contributed by atoms with Crippen molar-refractivity contribution in [1.82, 2.24) is 14.7 Å². The van der Waals surface area contributed by atoms with E-state index in [9.17, 15) is 0 Å². The molecule has 0 aromatic heterocycles. The van der Waals surface area contributed by atoms with Gasteiger partial charge < -0.3 is 4.90 Å². The summed E-state index contributed by atoms with van der Waals surface area (Å²) in [6, 6.07) is 1.17. The van der Waals surface area contributed by atoms with Gasteiger partial charge in [-0.1, -0.05) is 0 Å². The summed E-state index contributed by atoms with van der Waals surface area (Å²) in [4.78, 5) is 11.9. The third-order valence-electron chi connectivity index (χ3n) is 3.41. The van der Waals surface area contributed by atoms with Crippen LogP contribution in [0.2, 0.25) is 0 Å². The minimum Gasteiger partial charge on any atom is -0.345 e. The smallest absolute Gasteiger partial charge is 0.172 e. The van der Waals surface area contributed by atoms with Crippen LogP contribution in [0.4, 0.5) is 0 Å². The van der Waals surface area contributed by atoms with Crippen molar-refractivity contribution in [1.29, 1.82) is 0 Å². The Labute approximate surface area is 112 Å². The molecule has 1 saturated heterocycles. The molecule has 3 atom stereocenters. The minimum absolute atomic E-state index is 0.275. The van der Waals surface area contributed by atoms with Gasteiger partial charge in [-0.15, -0.1) is 0 Å². The third kappa shape index (κ3) is 2.92. The number of nitrogens with zero attached hydrogens (tertiary/aromatic N) is 4. The average molecular weight is 274 g/mol. The normalized spacial score (nSPS) is 35.5. The Morgan fingerprint density at radius 2 is 1.94 bits per heavy atom. The maximum atomic E-state index is 4.80. The van der Waals surface area contributed by atoms with Crippen molar-refractivity contribution in [3.63, 3.8) is 0 Å². The van der Waals surface area contributed by atoms with Crippen molar-refractivity contribution < 1.29 is 0 Å². The van der Waals surface area contributed by atoms with Crippen molar-refractivity contribution in [2.24, 2.45) is 4.99 Å². The van der Waals surface area contributed by atoms with Crippen LogP contribution in [-0.4, -0.2) is 71.7 Å². The zero-order chi connectivity index (χ0) is 12.6. The third-order valence-corrected chi connectivity index (χ3v) is 5.95. The van der Waals surface area contributed by atoms with Gasteiger partial charge in [0.25, 0.3) is 0 Å². The highest BCUT2D eigenvalue weighted by molar-refractivity contribution is 8.82. The first-order chi connectivity index (χ1) is 7.99. The molecule has 2 aliphatic heterocycles. The van der Waals surface area contributed by atoms with E-state index in [1.807, 2.05) is 21.6 Å². The van der Waals surface area contributed by atoms with Gasteiger partial charge in [-0.3, -0.25) is 9.80 Å². The predicted octanol–water partition coefficient (Wildman–Crippen LogP) is 1.61. The number of likely N-dealkylation sites (N-methyl/N-ethyl adjacent to an activating group) is 1. The molecule has 0 saturated carbocycles. The first-order valence-corrected chi connectivity index (χ1v) is 8.24. The first kappa shape index (κ1) is 13.5. The molecule has 6 heteroatoms. The van der Waals surface area contributed by atoms with Gasteiger partial charge in [-0.05, 0) is 56.6 Å². The fourth-order valence-electron chi connectivity index (χ4n) is 2.11. The summed E-state index contributed by atoms with van der Waals surface area (Å²) in [6.45, 7) is 6.79. The Morgan fingerprint density at radius 1 is 1.24 bits per heavy atom. The minimum atomic E-state index is 0.275. The lowest BCUT2D eigenvalue weighted by atomic mass is 10.1. The van der Waals surface area contributed by atoms with E-state index in [-0.39, 0.29) is 5.50 Å². The summed E-state index contributed by atoms with van der Waals surface area (Å²) in [7, 11) is 10.0. The molecule has 3 unspecified atom stereocenters. The molecule has 2 rings (SSSR count). The molecule has 0 bridgehead atoms. The van der Waals surface area contributed by atoms with Crippen LogP contribution in [0.25, 0.3) is 0 Å². The Balaban J connectivity index is 2.05. The Hall–Kier alpha value is 0.0900. The quantitative estimate of drug-likeness (QED) is 0.676. The average Bonchev–Trinajstić information content (AvgIpc) is 2.72. The summed E-state index contributed by atoms with van der Waals surface area (Å²) in [5, 5.41) is 1.21. The number of piperazine rings is 1. The van der Waals surface area contributed by atoms with Crippen molar-refractivity contribution in [2.45, 2.75) is 31.4 Å². The molecular formula is C11H22N4S2. The zero-order valence-electron chi connectivity index (χ0n) is 11.3. The van der Waals surface area contributed by atoms with Crippen molar-refractivity contribution >= 4 is 26.8 Å². The molecule has 4 nitrogen and oxygen atoms in total. The van der Waals surface area contributed by atoms with E-state index in [0.29, 0.717) is 12.1 Å². The van der Waals surface area contributed by atoms with Gasteiger partial charge in [0.15, 0.2) is 10.7 Å². The molecule has 2 aliphatic rings. The van der Waals surface area contributed by atoms with Gasteiger partial charge in [-0.25, -0.2) is 4.99 Å². The zero-order valence-corrected chi connectivity index (χ0v) is 12.9. The number of hydrogen-bond acceptors (Lipinski definition) is 6. The van der Waals surface area contributed by atoms with E-state index in [4.69, 9.17) is 4.99 Å². The van der Waals surface area contributed by atoms with Gasteiger partial charge in [0.1, 0.15) is 0 Å². The van der Waals surface area contributed by atoms with Gasteiger partial charge >= 0.3 is 0 Å². The molecule has 0 aromatic carbocycles. The number of hydrogen-bond donors (Lipinski definition) is 0. The SMILES string of the molecule is CC1CN(C2=NC(N(C)C)SS2)C(C)CN1C. The van der Waals surface area contributed by atoms with Gasteiger partial charge in [0, 0.05) is 25.2 Å². The highest BCUT2D eigenvalue weighted by atomic mass is 33.1. The standard InChI is InChI=1S/C11H22N4S2/c1-8-7-15(9(2)6-14(8)5)11-12-10(13(3)4)16-17-11/h8-10H,6-7H2,1-5H3. The second-order valence-electron chi connectivity index (χ2n) is 5.17. The Bertz CT molecular complexity index is 308. The summed E-state index contributed by atoms with van der Waals surface area (Å²) >= 11 is 0. The Morgan fingerprint density at radius 3 is 2.53 bits per heavy atom. The molecule has 0 aromatic rings. The van der Waals surface area contributed by atoms with E-state index >= 15 is 0 Å². The summed E-state index contributed by atoms with van der Waals surface area (Å²) in [6.07, 6.45) is 0. The Kier molecular flexibility index (Phi) is 4.28. The van der Waals surface area contributed by atoms with E-state index in [0.717, 1.165) is 13.1 Å². The van der Waals surface area contributed by atoms with E-state index in [2.05, 4.69) is 49.7 Å². The van der Waals surface area contributed by atoms with Crippen LogP contribution in [0, 0.1) is 0 Å². The summed E-state index contributed by atoms with van der Waals surface area (Å²) in [5.41, 5.74) is 0.275. The summed E-state index contributed by atoms with van der Waals surface area (Å²) < 4.78 is 0. The first-order valence-electron chi connectivity index (χ1n) is 6.03. The number of aliphatic imine (C=N–C) groups is 1. The van der Waals surface area contributed by atoms with Gasteiger partial charge in [-0.2, -0.15) is 0 Å². The topological polar surface area (TPSA) is 22.1 Å². The lowest BCUT2D eigenvalue weighted by molar-refractivity contribution is 0.112. The van der Waals surface area contributed by atoms with E-state index in [1.54, 1.807) is 0 Å². The van der Waals surface area contributed by atoms with Crippen molar-refractivity contribution in [3.8, 4) is 0 Å². The predicted molar refractivity (Wildman–Crippen MR) is 78.4 cm³/mol. The van der Waals surface area contributed by atoms with Crippen LogP contribution in [0.5, 0.6) is 0 Å². The molecule has 0 N–H and O–H groups in total. The van der Waals surface area contributed by atoms with Crippen LogP contribution < -0.4 is 0 Å². The maximum absolute atomic E-state index is 4.80. The fraction of sp³-hybridized carbons (Fsp3) is 0.909. The van der Waals surface area contributed by atoms with E-state index < -0.39 is 0 Å². The molecule has 0 radical (unpaired) electrons. The molecule has 0 spiro atoms. The molecule has 0 aliphatic carbocycles. The van der Waals surface area contributed by atoms with Crippen molar-refractivity contribution in [2.75, 3.05) is 34.2 Å². The second-order valence-corrected chi connectivity index (χ2v) is 7.39. The lowest BCUT2D eigenvalue weighted by Crippen LogP contribution is -2.56. The van der Waals surface area contributed by atoms with Crippen LogP contribution >= 0.6 is 21.6 Å². The molecule has 0 amide bonds. The fourth-order valence-corrected chi connectivity index (χ4v) is 4.74. The largest absolute Gasteiger partial charge is 0.345 e. The molecule has 1 fully saturated rings. The van der Waals surface area contributed by atoms with Crippen LogP contribution in [0.15, 0.2) is 4.99 Å². The summed E-state index contributed by atoms with van der Waals surface area (Å²) in [5.74, 6) is 0. The maximum Gasteiger partial charge on any atom is 0.172 e. The lowest BCUT2D eigenvalue weighted by Gasteiger charge is -2.43. The van der Waals surface area contributed by atoms with Crippen molar-refractivity contribution in [3.05, 3.63) is 0 Å². The number of rotatable bonds is 1. The van der Waals surface area contributed by atoms with E-state index in [1.165, 1.54) is 5.17 Å². The highest BCUT2D eigenvalue weighted by Crippen LogP contribution is 2.39. The van der Waals surface area contributed by atoms with Crippen LogP contribution in [-0.2, 0) is 0 Å². The molecule has 17 heavy (non-hydrogen) atoms. The van der Waals surface area contributed by atoms with Gasteiger partial charge in [0.05, 0.1) is 0 Å².